The van der Waals surface area contributed by atoms with Crippen molar-refractivity contribution in [3.05, 3.63) is 83.6 Å². The molecule has 0 saturated heterocycles. The number of amides is 1. The Balaban J connectivity index is 1.65. The quantitative estimate of drug-likeness (QED) is 0.614. The van der Waals surface area contributed by atoms with Crippen molar-refractivity contribution < 1.29 is 4.79 Å². The summed E-state index contributed by atoms with van der Waals surface area (Å²) in [6.45, 7) is 7.53. The van der Waals surface area contributed by atoms with E-state index >= 15 is 0 Å². The van der Waals surface area contributed by atoms with Crippen LogP contribution in [0.15, 0.2) is 66.7 Å². The molecule has 1 unspecified atom stereocenters. The zero-order valence-electron chi connectivity index (χ0n) is 17.6. The lowest BCUT2D eigenvalue weighted by Crippen LogP contribution is -2.30. The average molecular weight is 387 g/mol. The summed E-state index contributed by atoms with van der Waals surface area (Å²) in [5.41, 5.74) is 6.21. The van der Waals surface area contributed by atoms with Gasteiger partial charge in [0.05, 0.1) is 12.4 Å². The maximum atomic E-state index is 12.6. The molecular weight excluding hydrogens is 356 g/mol. The number of nitrogens with one attached hydrogen (secondary N) is 1. The number of hydrogen-bond donors (Lipinski definition) is 1. The van der Waals surface area contributed by atoms with Crippen LogP contribution in [0.1, 0.15) is 48.8 Å². The topological polar surface area (TPSA) is 34.0 Å². The summed E-state index contributed by atoms with van der Waals surface area (Å²) in [5, 5.41) is 3.13. The summed E-state index contributed by atoms with van der Waals surface area (Å²) >= 11 is 0. The molecule has 0 spiro atoms. The molecule has 1 heterocycles. The molecular formula is C26H30N2O. The molecule has 0 radical (unpaired) electrons. The van der Waals surface area contributed by atoms with Crippen LogP contribution >= 0.6 is 0 Å². The first-order valence-corrected chi connectivity index (χ1v) is 10.5. The van der Waals surface area contributed by atoms with Crippen LogP contribution < -0.4 is 5.32 Å². The summed E-state index contributed by atoms with van der Waals surface area (Å²) in [5.74, 6) is 0.656. The SMILES string of the molecule is CC(C)(C)C1CCc2c(cc(-c3ccccc3)n2CNC(=O)c2ccccc2)C1. The Morgan fingerprint density at radius 2 is 1.69 bits per heavy atom. The van der Waals surface area contributed by atoms with Gasteiger partial charge < -0.3 is 9.88 Å². The van der Waals surface area contributed by atoms with E-state index in [1.54, 1.807) is 0 Å². The normalized spacial score (nSPS) is 16.3. The maximum Gasteiger partial charge on any atom is 0.252 e. The van der Waals surface area contributed by atoms with Crippen LogP contribution in [0.25, 0.3) is 11.3 Å². The molecule has 3 nitrogen and oxygen atoms in total. The van der Waals surface area contributed by atoms with Crippen LogP contribution in [0.4, 0.5) is 0 Å². The molecule has 4 rings (SSSR count). The minimum atomic E-state index is -0.0320. The van der Waals surface area contributed by atoms with Crippen LogP contribution in [-0.4, -0.2) is 10.5 Å². The number of nitrogens with zero attached hydrogens (tertiary/aromatic N) is 1. The third kappa shape index (κ3) is 4.14. The summed E-state index contributed by atoms with van der Waals surface area (Å²) < 4.78 is 2.31. The molecule has 1 N–H and O–H groups in total. The Morgan fingerprint density at radius 3 is 2.34 bits per heavy atom. The van der Waals surface area contributed by atoms with Crippen molar-refractivity contribution in [2.24, 2.45) is 11.3 Å². The Hall–Kier alpha value is -2.81. The van der Waals surface area contributed by atoms with Crippen molar-refractivity contribution in [2.45, 2.75) is 46.7 Å². The standard InChI is InChI=1S/C26H30N2O/c1-26(2,3)22-14-15-23-21(16-22)17-24(19-10-6-4-7-11-19)28(23)18-27-25(29)20-12-8-5-9-13-20/h4-13,17,22H,14-16,18H2,1-3H3,(H,27,29). The minimum absolute atomic E-state index is 0.0320. The van der Waals surface area contributed by atoms with Gasteiger partial charge >= 0.3 is 0 Å². The Morgan fingerprint density at radius 1 is 1.03 bits per heavy atom. The summed E-state index contributed by atoms with van der Waals surface area (Å²) in [6.07, 6.45) is 3.37. The number of hydrogen-bond acceptors (Lipinski definition) is 1. The lowest BCUT2D eigenvalue weighted by atomic mass is 9.72. The molecule has 1 amide bonds. The van der Waals surface area contributed by atoms with E-state index in [-0.39, 0.29) is 5.91 Å². The fourth-order valence-electron chi connectivity index (χ4n) is 4.41. The molecule has 1 aromatic heterocycles. The van der Waals surface area contributed by atoms with Gasteiger partial charge in [-0.15, -0.1) is 0 Å². The van der Waals surface area contributed by atoms with Gasteiger partial charge in [0, 0.05) is 11.3 Å². The van der Waals surface area contributed by atoms with E-state index in [1.807, 2.05) is 36.4 Å². The number of aromatic nitrogens is 1. The Labute approximate surface area is 173 Å². The lowest BCUT2D eigenvalue weighted by Gasteiger charge is -2.34. The first kappa shape index (κ1) is 19.5. The second-order valence-corrected chi connectivity index (χ2v) is 9.13. The van der Waals surface area contributed by atoms with Gasteiger partial charge in [-0.1, -0.05) is 69.3 Å². The third-order valence-electron chi connectivity index (χ3n) is 6.22. The first-order valence-electron chi connectivity index (χ1n) is 10.5. The van der Waals surface area contributed by atoms with Crippen LogP contribution in [0.5, 0.6) is 0 Å². The zero-order chi connectivity index (χ0) is 20.4. The largest absolute Gasteiger partial charge is 0.334 e. The van der Waals surface area contributed by atoms with Gasteiger partial charge in [-0.3, -0.25) is 4.79 Å². The van der Waals surface area contributed by atoms with Gasteiger partial charge in [-0.2, -0.15) is 0 Å². The van der Waals surface area contributed by atoms with E-state index < -0.39 is 0 Å². The number of carbonyl (C=O) groups excluding carboxylic acids is 1. The average Bonchev–Trinajstić information content (AvgIpc) is 3.10. The van der Waals surface area contributed by atoms with E-state index in [0.717, 1.165) is 12.8 Å². The number of fused-ring (bicyclic) bond motifs is 1. The van der Waals surface area contributed by atoms with Crippen molar-refractivity contribution in [1.29, 1.82) is 0 Å². The summed E-state index contributed by atoms with van der Waals surface area (Å²) in [6, 6.07) is 22.3. The van der Waals surface area contributed by atoms with Gasteiger partial charge in [-0.05, 0) is 59.9 Å². The smallest absolute Gasteiger partial charge is 0.252 e. The number of rotatable bonds is 4. The highest BCUT2D eigenvalue weighted by Gasteiger charge is 2.31. The molecule has 0 fully saturated rings. The highest BCUT2D eigenvalue weighted by molar-refractivity contribution is 5.93. The van der Waals surface area contributed by atoms with Crippen molar-refractivity contribution in [2.75, 3.05) is 0 Å². The number of carbonyl (C=O) groups is 1. The molecule has 29 heavy (non-hydrogen) atoms. The third-order valence-corrected chi connectivity index (χ3v) is 6.22. The second-order valence-electron chi connectivity index (χ2n) is 9.13. The molecule has 0 bridgehead atoms. The van der Waals surface area contributed by atoms with E-state index in [1.165, 1.54) is 28.9 Å². The van der Waals surface area contributed by atoms with Crippen molar-refractivity contribution in [3.8, 4) is 11.3 Å². The monoisotopic (exact) mass is 386 g/mol. The molecule has 3 heteroatoms. The molecule has 1 aliphatic carbocycles. The zero-order valence-corrected chi connectivity index (χ0v) is 17.6. The predicted octanol–water partition coefficient (Wildman–Crippen LogP) is 5.69. The van der Waals surface area contributed by atoms with E-state index in [2.05, 4.69) is 61.0 Å². The van der Waals surface area contributed by atoms with Crippen LogP contribution in [0, 0.1) is 11.3 Å². The fraction of sp³-hybridized carbons (Fsp3) is 0.346. The van der Waals surface area contributed by atoms with Gasteiger partial charge in [0.1, 0.15) is 0 Å². The van der Waals surface area contributed by atoms with Crippen molar-refractivity contribution in [3.63, 3.8) is 0 Å². The van der Waals surface area contributed by atoms with Crippen LogP contribution in [0.3, 0.4) is 0 Å². The van der Waals surface area contributed by atoms with Crippen LogP contribution in [0.2, 0.25) is 0 Å². The Bertz CT molecular complexity index is 981. The molecule has 1 atom stereocenters. The molecule has 1 aliphatic rings. The molecule has 3 aromatic rings. The summed E-state index contributed by atoms with van der Waals surface area (Å²) in [7, 11) is 0. The van der Waals surface area contributed by atoms with E-state index in [4.69, 9.17) is 0 Å². The van der Waals surface area contributed by atoms with Crippen LogP contribution in [-0.2, 0) is 19.5 Å². The fourth-order valence-corrected chi connectivity index (χ4v) is 4.41. The van der Waals surface area contributed by atoms with Gasteiger partial charge in [0.15, 0.2) is 0 Å². The lowest BCUT2D eigenvalue weighted by molar-refractivity contribution is 0.0942. The second kappa shape index (κ2) is 7.90. The van der Waals surface area contributed by atoms with E-state index in [9.17, 15) is 4.79 Å². The van der Waals surface area contributed by atoms with E-state index in [0.29, 0.717) is 23.6 Å². The summed E-state index contributed by atoms with van der Waals surface area (Å²) in [4.78, 5) is 12.6. The minimum Gasteiger partial charge on any atom is -0.334 e. The molecule has 0 aliphatic heterocycles. The number of benzene rings is 2. The molecule has 2 aromatic carbocycles. The highest BCUT2D eigenvalue weighted by Crippen LogP contribution is 2.39. The van der Waals surface area contributed by atoms with Crippen molar-refractivity contribution >= 4 is 5.91 Å². The molecule has 0 saturated carbocycles. The van der Waals surface area contributed by atoms with Gasteiger partial charge in [0.2, 0.25) is 0 Å². The van der Waals surface area contributed by atoms with Crippen molar-refractivity contribution in [1.82, 2.24) is 9.88 Å². The van der Waals surface area contributed by atoms with Gasteiger partial charge in [0.25, 0.3) is 5.91 Å². The Kier molecular flexibility index (Phi) is 5.31. The first-order chi connectivity index (χ1) is 13.9. The van der Waals surface area contributed by atoms with Gasteiger partial charge in [-0.25, -0.2) is 0 Å². The maximum absolute atomic E-state index is 12.6. The molecule has 150 valence electrons. The highest BCUT2D eigenvalue weighted by atomic mass is 16.1. The predicted molar refractivity (Wildman–Crippen MR) is 119 cm³/mol.